The number of pyridine rings is 1. The molecule has 9 nitrogen and oxygen atoms in total. The van der Waals surface area contributed by atoms with Gasteiger partial charge in [0, 0.05) is 31.9 Å². The number of amides is 2. The van der Waals surface area contributed by atoms with Crippen LogP contribution in [0.25, 0.3) is 11.6 Å². The first kappa shape index (κ1) is 36.8. The van der Waals surface area contributed by atoms with Crippen molar-refractivity contribution >= 4 is 53.2 Å². The van der Waals surface area contributed by atoms with E-state index in [0.29, 0.717) is 34.9 Å². The summed E-state index contributed by atoms with van der Waals surface area (Å²) in [6.45, 7) is 4.71. The van der Waals surface area contributed by atoms with Crippen LogP contribution < -0.4 is 4.74 Å². The quantitative estimate of drug-likeness (QED) is 0.0924. The van der Waals surface area contributed by atoms with Crippen molar-refractivity contribution in [1.82, 2.24) is 14.8 Å². The molecule has 3 fully saturated rings. The average molecular weight is 816 g/mol. The third kappa shape index (κ3) is 7.60. The molecule has 272 valence electrons. The number of aromatic hydroxyl groups is 1. The van der Waals surface area contributed by atoms with Gasteiger partial charge in [-0.1, -0.05) is 55.3 Å². The highest BCUT2D eigenvalue weighted by Crippen LogP contribution is 2.52. The second kappa shape index (κ2) is 16.2. The minimum Gasteiger partial charge on any atom is -0.504 e. The average Bonchev–Trinajstić information content (AvgIpc) is 3.40. The lowest BCUT2D eigenvalue weighted by molar-refractivity contribution is -0.144. The fraction of sp³-hybridized carbons (Fsp3) is 0.439. The van der Waals surface area contributed by atoms with Crippen LogP contribution in [0.15, 0.2) is 78.0 Å². The number of hydrogen-bond acceptors (Lipinski definition) is 8. The molecule has 1 aromatic heterocycles. The third-order valence-corrected chi connectivity index (χ3v) is 12.2. The highest BCUT2D eigenvalue weighted by molar-refractivity contribution is 14.1. The normalized spacial score (nSPS) is 24.3. The number of phenolic OH excluding ortho intramolecular Hbond substituents is 1. The fourth-order valence-electron chi connectivity index (χ4n) is 9.01. The number of carbonyl (C=O) groups is 2. The van der Waals surface area contributed by atoms with E-state index >= 15 is 0 Å². The Morgan fingerprint density at radius 1 is 1.08 bits per heavy atom. The Kier molecular flexibility index (Phi) is 11.5. The third-order valence-electron chi connectivity index (χ3n) is 11.3. The molecular formula is C41H47BIN3O6. The second-order valence-electron chi connectivity index (χ2n) is 14.6. The Hall–Kier alpha value is -3.52. The number of phenols is 1. The minimum absolute atomic E-state index is 0.0268. The number of carbonyl (C=O) groups excluding carboxylic acids is 2. The molecule has 0 saturated carbocycles. The van der Waals surface area contributed by atoms with Crippen molar-refractivity contribution in [1.29, 1.82) is 0 Å². The molecule has 7 rings (SSSR count). The zero-order chi connectivity index (χ0) is 36.4. The predicted octanol–water partition coefficient (Wildman–Crippen LogP) is 6.98. The number of hydrogen-bond donors (Lipinski definition) is 2. The molecule has 0 spiro atoms. The van der Waals surface area contributed by atoms with E-state index in [1.54, 1.807) is 11.1 Å². The number of methoxy groups -OCH3 is 1. The lowest BCUT2D eigenvalue weighted by Crippen LogP contribution is -2.48. The topological polar surface area (TPSA) is 112 Å². The van der Waals surface area contributed by atoms with E-state index < -0.39 is 19.1 Å². The standard InChI is InChI=1S/C41H47BIN3O6/c1-3-9-29-23-31-38(41(49)46(40(31)48)30-15-18-45(19-16-30)25-26-10-5-4-6-11-26)32-24-42(50)52-35(37(29)32)14-13-28(34-12-7-8-17-44-34)20-27-21-33(43)39(47)36(22-27)51-2/h4-8,10-12,17,20-22,30-32,35,38,47,50H,3,9,13-16,18-19,23-25H2,1-2H3/b28-20-/t31-,32+,35-,38-/m1/s1. The number of halogens is 1. The van der Waals surface area contributed by atoms with Crippen molar-refractivity contribution in [3.05, 3.63) is 98.4 Å². The van der Waals surface area contributed by atoms with Gasteiger partial charge in [0.25, 0.3) is 0 Å². The van der Waals surface area contributed by atoms with E-state index in [2.05, 4.69) is 69.7 Å². The molecule has 4 aliphatic rings. The van der Waals surface area contributed by atoms with Gasteiger partial charge in [-0.05, 0) is 126 Å². The lowest BCUT2D eigenvalue weighted by Gasteiger charge is -2.43. The molecular weight excluding hydrogens is 768 g/mol. The van der Waals surface area contributed by atoms with Crippen molar-refractivity contribution in [3.8, 4) is 11.5 Å². The molecule has 3 saturated heterocycles. The Morgan fingerprint density at radius 3 is 2.56 bits per heavy atom. The number of piperidine rings is 1. The highest BCUT2D eigenvalue weighted by atomic mass is 127. The Bertz CT molecular complexity index is 1830. The fourth-order valence-corrected chi connectivity index (χ4v) is 9.64. The summed E-state index contributed by atoms with van der Waals surface area (Å²) in [5.41, 5.74) is 6.28. The molecule has 0 unspecified atom stereocenters. The maximum absolute atomic E-state index is 14.4. The smallest absolute Gasteiger partial charge is 0.455 e. The van der Waals surface area contributed by atoms with Crippen molar-refractivity contribution in [3.63, 3.8) is 0 Å². The highest BCUT2D eigenvalue weighted by Gasteiger charge is 2.58. The number of nitrogens with zero attached hydrogens (tertiary/aromatic N) is 3. The summed E-state index contributed by atoms with van der Waals surface area (Å²) in [6.07, 6.45) is 8.81. The summed E-state index contributed by atoms with van der Waals surface area (Å²) in [5, 5.41) is 21.6. The van der Waals surface area contributed by atoms with E-state index in [9.17, 15) is 19.7 Å². The van der Waals surface area contributed by atoms with Crippen molar-refractivity contribution in [2.75, 3.05) is 20.2 Å². The van der Waals surface area contributed by atoms with Gasteiger partial charge < -0.3 is 19.5 Å². The van der Waals surface area contributed by atoms with Gasteiger partial charge in [0.05, 0.1) is 34.3 Å². The SMILES string of the molecule is CCCC1=C2[C@@H](CC/C(=C/c3cc(I)c(O)c(OC)c3)c3ccccn3)OB(O)C[C@@H]2[C@@H]2C(=O)N(C3CCN(Cc4ccccc4)CC3)C(=O)[C@@H]2C1. The molecule has 3 aromatic rings. The van der Waals surface area contributed by atoms with E-state index in [1.165, 1.54) is 18.2 Å². The number of rotatable bonds is 11. The van der Waals surface area contributed by atoms with Crippen LogP contribution in [0.1, 0.15) is 68.7 Å². The molecule has 3 aliphatic heterocycles. The van der Waals surface area contributed by atoms with Crippen LogP contribution in [-0.2, 0) is 20.8 Å². The molecule has 2 amide bonds. The van der Waals surface area contributed by atoms with Crippen LogP contribution in [0.4, 0.5) is 0 Å². The molecule has 2 aromatic carbocycles. The number of fused-ring (bicyclic) bond motifs is 3. The summed E-state index contributed by atoms with van der Waals surface area (Å²) in [7, 11) is 0.512. The monoisotopic (exact) mass is 815 g/mol. The molecule has 1 aliphatic carbocycles. The van der Waals surface area contributed by atoms with Crippen molar-refractivity contribution < 1.29 is 29.1 Å². The van der Waals surface area contributed by atoms with Gasteiger partial charge in [-0.25, -0.2) is 0 Å². The molecule has 11 heteroatoms. The summed E-state index contributed by atoms with van der Waals surface area (Å²) >= 11 is 2.10. The number of benzene rings is 2. The van der Waals surface area contributed by atoms with Gasteiger partial charge in [-0.3, -0.25) is 24.4 Å². The zero-order valence-corrected chi connectivity index (χ0v) is 32.1. The van der Waals surface area contributed by atoms with Crippen LogP contribution in [0, 0.1) is 21.3 Å². The molecule has 0 radical (unpaired) electrons. The predicted molar refractivity (Wildman–Crippen MR) is 210 cm³/mol. The zero-order valence-electron chi connectivity index (χ0n) is 29.9. The van der Waals surface area contributed by atoms with Gasteiger partial charge in [0.15, 0.2) is 11.5 Å². The number of likely N-dealkylation sites (tertiary alicyclic amines) is 2. The molecule has 4 heterocycles. The van der Waals surface area contributed by atoms with E-state index in [-0.39, 0.29) is 35.4 Å². The van der Waals surface area contributed by atoms with E-state index in [4.69, 9.17) is 9.39 Å². The first-order valence-electron chi connectivity index (χ1n) is 18.6. The summed E-state index contributed by atoms with van der Waals surface area (Å²) < 4.78 is 12.4. The largest absolute Gasteiger partial charge is 0.504 e. The van der Waals surface area contributed by atoms with Gasteiger partial charge in [-0.15, -0.1) is 0 Å². The van der Waals surface area contributed by atoms with Crippen molar-refractivity contribution in [2.45, 2.75) is 76.9 Å². The number of allylic oxidation sites excluding steroid dienone is 2. The Morgan fingerprint density at radius 2 is 1.85 bits per heavy atom. The Balaban J connectivity index is 1.12. The maximum Gasteiger partial charge on any atom is 0.455 e. The molecule has 0 bridgehead atoms. The van der Waals surface area contributed by atoms with Gasteiger partial charge in [0.2, 0.25) is 11.8 Å². The summed E-state index contributed by atoms with van der Waals surface area (Å²) in [6, 6.07) is 19.9. The molecule has 2 N–H and O–H groups in total. The van der Waals surface area contributed by atoms with Crippen LogP contribution in [0.3, 0.4) is 0 Å². The van der Waals surface area contributed by atoms with Crippen LogP contribution in [-0.4, -0.2) is 76.2 Å². The first-order valence-corrected chi connectivity index (χ1v) is 19.7. The van der Waals surface area contributed by atoms with Crippen LogP contribution in [0.2, 0.25) is 6.32 Å². The van der Waals surface area contributed by atoms with E-state index in [0.717, 1.165) is 67.7 Å². The van der Waals surface area contributed by atoms with Crippen LogP contribution >= 0.6 is 22.6 Å². The maximum atomic E-state index is 14.4. The number of imide groups is 1. The van der Waals surface area contributed by atoms with Gasteiger partial charge in [0.1, 0.15) is 0 Å². The number of ether oxygens (including phenoxy) is 1. The lowest BCUT2D eigenvalue weighted by atomic mass is 9.58. The summed E-state index contributed by atoms with van der Waals surface area (Å²) in [4.78, 5) is 37.3. The second-order valence-corrected chi connectivity index (χ2v) is 15.7. The minimum atomic E-state index is -1.02. The first-order chi connectivity index (χ1) is 25.2. The van der Waals surface area contributed by atoms with Crippen LogP contribution in [0.5, 0.6) is 11.5 Å². The molecule has 52 heavy (non-hydrogen) atoms. The van der Waals surface area contributed by atoms with Gasteiger partial charge in [-0.2, -0.15) is 0 Å². The Labute approximate surface area is 320 Å². The summed E-state index contributed by atoms with van der Waals surface area (Å²) in [5.74, 6) is -0.676. The molecule has 4 atom stereocenters. The van der Waals surface area contributed by atoms with Crippen molar-refractivity contribution in [2.24, 2.45) is 17.8 Å². The van der Waals surface area contributed by atoms with Gasteiger partial charge >= 0.3 is 7.12 Å². The van der Waals surface area contributed by atoms with E-state index in [1.807, 2.05) is 36.4 Å². The number of aromatic nitrogens is 1.